The second-order valence-corrected chi connectivity index (χ2v) is 5.31. The lowest BCUT2D eigenvalue weighted by Gasteiger charge is -2.21. The Labute approximate surface area is 125 Å². The van der Waals surface area contributed by atoms with Crippen LogP contribution >= 0.6 is 0 Å². The highest BCUT2D eigenvalue weighted by molar-refractivity contribution is 5.51. The molecule has 0 aromatic heterocycles. The molecule has 0 amide bonds. The Morgan fingerprint density at radius 3 is 2.43 bits per heavy atom. The molecule has 1 N–H and O–H groups in total. The number of benzene rings is 2. The van der Waals surface area contributed by atoms with E-state index in [9.17, 15) is 0 Å². The Balaban J connectivity index is 2.10. The van der Waals surface area contributed by atoms with Crippen molar-refractivity contribution in [2.24, 2.45) is 0 Å². The van der Waals surface area contributed by atoms with Crippen molar-refractivity contribution in [3.05, 3.63) is 59.2 Å². The Morgan fingerprint density at radius 1 is 1.00 bits per heavy atom. The lowest BCUT2D eigenvalue weighted by Crippen LogP contribution is -2.22. The first kappa shape index (κ1) is 14.0. The van der Waals surface area contributed by atoms with Gasteiger partial charge in [0.25, 0.3) is 0 Å². The number of nitrogens with one attached hydrogen (secondary N) is 1. The summed E-state index contributed by atoms with van der Waals surface area (Å²) in [7, 11) is 3.37. The second-order valence-electron chi connectivity index (χ2n) is 5.31. The minimum Gasteiger partial charge on any atom is -0.493 e. The third-order valence-electron chi connectivity index (χ3n) is 4.06. The van der Waals surface area contributed by atoms with Gasteiger partial charge in [-0.1, -0.05) is 30.3 Å². The molecule has 3 rings (SSSR count). The van der Waals surface area contributed by atoms with Gasteiger partial charge in [0, 0.05) is 0 Å². The fourth-order valence-corrected chi connectivity index (χ4v) is 3.00. The number of aryl methyl sites for hydroxylation is 1. The molecule has 21 heavy (non-hydrogen) atoms. The maximum absolute atomic E-state index is 5.47. The van der Waals surface area contributed by atoms with Crippen LogP contribution in [0, 0.1) is 0 Å². The second kappa shape index (κ2) is 6.19. The number of rotatable bonds is 3. The number of methoxy groups -OCH3 is 2. The lowest BCUT2D eigenvalue weighted by atomic mass is 9.93. The zero-order valence-corrected chi connectivity index (χ0v) is 12.6. The average molecular weight is 283 g/mol. The fraction of sp³-hybridized carbons (Fsp3) is 0.333. The van der Waals surface area contributed by atoms with Crippen molar-refractivity contribution in [1.29, 1.82) is 0 Å². The summed E-state index contributed by atoms with van der Waals surface area (Å²) >= 11 is 0. The van der Waals surface area contributed by atoms with Crippen molar-refractivity contribution < 1.29 is 9.47 Å². The number of hydrogen-bond acceptors (Lipinski definition) is 3. The average Bonchev–Trinajstić information content (AvgIpc) is 2.76. The standard InChI is InChI=1S/C18H21NO2/c1-20-16-11-14-9-6-10-19-18(13-7-4-3-5-8-13)15(14)12-17(16)21-2/h3-5,7-8,11-12,18-19H,6,9-10H2,1-2H3. The maximum atomic E-state index is 5.47. The SMILES string of the molecule is COc1cc2c(cc1OC)C(c1ccccc1)NCCC2. The van der Waals surface area contributed by atoms with Crippen LogP contribution < -0.4 is 14.8 Å². The van der Waals surface area contributed by atoms with Gasteiger partial charge in [-0.2, -0.15) is 0 Å². The van der Waals surface area contributed by atoms with E-state index in [0.29, 0.717) is 0 Å². The fourth-order valence-electron chi connectivity index (χ4n) is 3.00. The first-order chi connectivity index (χ1) is 10.3. The molecule has 1 atom stereocenters. The number of ether oxygens (including phenoxy) is 2. The molecule has 3 heteroatoms. The van der Waals surface area contributed by atoms with Crippen LogP contribution in [0.4, 0.5) is 0 Å². The van der Waals surface area contributed by atoms with Gasteiger partial charge in [-0.25, -0.2) is 0 Å². The van der Waals surface area contributed by atoms with Crippen molar-refractivity contribution in [2.75, 3.05) is 20.8 Å². The third kappa shape index (κ3) is 2.74. The van der Waals surface area contributed by atoms with Crippen molar-refractivity contribution in [2.45, 2.75) is 18.9 Å². The molecule has 1 aliphatic rings. The topological polar surface area (TPSA) is 30.5 Å². The van der Waals surface area contributed by atoms with Gasteiger partial charge in [0.05, 0.1) is 20.3 Å². The monoisotopic (exact) mass is 283 g/mol. The van der Waals surface area contributed by atoms with Gasteiger partial charge >= 0.3 is 0 Å². The van der Waals surface area contributed by atoms with Crippen LogP contribution in [0.15, 0.2) is 42.5 Å². The molecule has 1 unspecified atom stereocenters. The van der Waals surface area contributed by atoms with Gasteiger partial charge in [-0.3, -0.25) is 0 Å². The van der Waals surface area contributed by atoms with E-state index in [1.807, 2.05) is 0 Å². The molecule has 0 spiro atoms. The van der Waals surface area contributed by atoms with Gasteiger partial charge in [-0.15, -0.1) is 0 Å². The summed E-state index contributed by atoms with van der Waals surface area (Å²) in [5.41, 5.74) is 3.91. The van der Waals surface area contributed by atoms with Crippen LogP contribution in [-0.2, 0) is 6.42 Å². The molecular weight excluding hydrogens is 262 g/mol. The summed E-state index contributed by atoms with van der Waals surface area (Å²) < 4.78 is 10.9. The number of hydrogen-bond donors (Lipinski definition) is 1. The van der Waals surface area contributed by atoms with Crippen LogP contribution in [0.2, 0.25) is 0 Å². The highest BCUT2D eigenvalue weighted by Crippen LogP contribution is 2.37. The maximum Gasteiger partial charge on any atom is 0.161 e. The molecule has 0 saturated heterocycles. The highest BCUT2D eigenvalue weighted by Gasteiger charge is 2.22. The largest absolute Gasteiger partial charge is 0.493 e. The lowest BCUT2D eigenvalue weighted by molar-refractivity contribution is 0.354. The van der Waals surface area contributed by atoms with Crippen molar-refractivity contribution >= 4 is 0 Å². The summed E-state index contributed by atoms with van der Waals surface area (Å²) in [6, 6.07) is 15.0. The Kier molecular flexibility index (Phi) is 4.11. The molecule has 2 aromatic rings. The summed E-state index contributed by atoms with van der Waals surface area (Å²) in [4.78, 5) is 0. The van der Waals surface area contributed by atoms with Crippen LogP contribution in [0.5, 0.6) is 11.5 Å². The zero-order chi connectivity index (χ0) is 14.7. The first-order valence-corrected chi connectivity index (χ1v) is 7.36. The van der Waals surface area contributed by atoms with Crippen molar-refractivity contribution in [3.8, 4) is 11.5 Å². The van der Waals surface area contributed by atoms with Gasteiger partial charge in [0.15, 0.2) is 11.5 Å². The summed E-state index contributed by atoms with van der Waals surface area (Å²) in [6.45, 7) is 1.01. The van der Waals surface area contributed by atoms with Gasteiger partial charge in [0.2, 0.25) is 0 Å². The summed E-state index contributed by atoms with van der Waals surface area (Å²) in [5.74, 6) is 1.60. The van der Waals surface area contributed by atoms with E-state index in [0.717, 1.165) is 30.9 Å². The zero-order valence-electron chi connectivity index (χ0n) is 12.6. The van der Waals surface area contributed by atoms with E-state index in [-0.39, 0.29) is 6.04 Å². The molecule has 0 aliphatic carbocycles. The van der Waals surface area contributed by atoms with Crippen LogP contribution in [0.25, 0.3) is 0 Å². The minimum absolute atomic E-state index is 0.212. The molecular formula is C18H21NO2. The van der Waals surface area contributed by atoms with Gasteiger partial charge in [-0.05, 0) is 48.2 Å². The predicted octanol–water partition coefficient (Wildman–Crippen LogP) is 3.33. The van der Waals surface area contributed by atoms with Crippen LogP contribution in [-0.4, -0.2) is 20.8 Å². The first-order valence-electron chi connectivity index (χ1n) is 7.36. The third-order valence-corrected chi connectivity index (χ3v) is 4.06. The Bertz CT molecular complexity index is 610. The molecule has 1 heterocycles. The van der Waals surface area contributed by atoms with Crippen molar-refractivity contribution in [1.82, 2.24) is 5.32 Å². The van der Waals surface area contributed by atoms with Crippen molar-refractivity contribution in [3.63, 3.8) is 0 Å². The summed E-state index contributed by atoms with van der Waals surface area (Å²) in [5, 5.41) is 3.65. The molecule has 0 saturated carbocycles. The van der Waals surface area contributed by atoms with E-state index >= 15 is 0 Å². The molecule has 1 aliphatic heterocycles. The van der Waals surface area contributed by atoms with E-state index in [2.05, 4.69) is 47.8 Å². The Morgan fingerprint density at radius 2 is 1.71 bits per heavy atom. The number of fused-ring (bicyclic) bond motifs is 1. The molecule has 2 aromatic carbocycles. The molecule has 0 fully saturated rings. The highest BCUT2D eigenvalue weighted by atomic mass is 16.5. The van der Waals surface area contributed by atoms with E-state index in [1.165, 1.54) is 16.7 Å². The predicted molar refractivity (Wildman–Crippen MR) is 84.2 cm³/mol. The minimum atomic E-state index is 0.212. The van der Waals surface area contributed by atoms with Crippen LogP contribution in [0.3, 0.4) is 0 Å². The van der Waals surface area contributed by atoms with E-state index in [4.69, 9.17) is 9.47 Å². The van der Waals surface area contributed by atoms with Gasteiger partial charge in [0.1, 0.15) is 0 Å². The molecule has 0 radical (unpaired) electrons. The normalized spacial score (nSPS) is 17.7. The molecule has 110 valence electrons. The quantitative estimate of drug-likeness (QED) is 0.937. The van der Waals surface area contributed by atoms with Crippen LogP contribution in [0.1, 0.15) is 29.2 Å². The van der Waals surface area contributed by atoms with E-state index in [1.54, 1.807) is 14.2 Å². The van der Waals surface area contributed by atoms with E-state index < -0.39 is 0 Å². The molecule has 0 bridgehead atoms. The summed E-state index contributed by atoms with van der Waals surface area (Å²) in [6.07, 6.45) is 2.19. The smallest absolute Gasteiger partial charge is 0.161 e. The van der Waals surface area contributed by atoms with Gasteiger partial charge < -0.3 is 14.8 Å². The molecule has 3 nitrogen and oxygen atoms in total. The Hall–Kier alpha value is -2.00.